The molecule has 0 aliphatic carbocycles. The Kier molecular flexibility index (Phi) is 7.44. The maximum absolute atomic E-state index is 6.28. The summed E-state index contributed by atoms with van der Waals surface area (Å²) in [5.74, 6) is 2.51. The lowest BCUT2D eigenvalue weighted by Gasteiger charge is -2.12. The van der Waals surface area contributed by atoms with Gasteiger partial charge in [0.1, 0.15) is 23.0 Å². The minimum Gasteiger partial charge on any atom is -0.457 e. The predicted octanol–water partition coefficient (Wildman–Crippen LogP) is 8.31. The molecule has 0 aliphatic rings. The van der Waals surface area contributed by atoms with E-state index in [1.54, 1.807) is 24.8 Å². The first-order chi connectivity index (χ1) is 21.8. The van der Waals surface area contributed by atoms with Gasteiger partial charge in [0.05, 0.1) is 45.6 Å². The van der Waals surface area contributed by atoms with Gasteiger partial charge in [-0.1, -0.05) is 24.3 Å². The van der Waals surface area contributed by atoms with Crippen LogP contribution in [0.25, 0.3) is 45.6 Å². The molecule has 0 radical (unpaired) electrons. The van der Waals surface area contributed by atoms with Crippen LogP contribution in [0.2, 0.25) is 0 Å². The van der Waals surface area contributed by atoms with E-state index in [9.17, 15) is 0 Å². The number of hydrogen-bond acceptors (Lipinski definition) is 8. The van der Waals surface area contributed by atoms with Crippen LogP contribution in [0.5, 0.6) is 23.0 Å². The van der Waals surface area contributed by atoms with Crippen LogP contribution in [0.1, 0.15) is 0 Å². The summed E-state index contributed by atoms with van der Waals surface area (Å²) in [6, 6.07) is 37.8. The normalized spacial score (nSPS) is 10.7. The predicted molar refractivity (Wildman–Crippen MR) is 168 cm³/mol. The Morgan fingerprint density at radius 2 is 0.591 bits per heavy atom. The van der Waals surface area contributed by atoms with E-state index < -0.39 is 0 Å². The maximum atomic E-state index is 6.28. The first-order valence-corrected chi connectivity index (χ1v) is 13.9. The van der Waals surface area contributed by atoms with Gasteiger partial charge in [-0.05, 0) is 72.8 Å². The zero-order valence-electron chi connectivity index (χ0n) is 23.4. The second-order valence-electron chi connectivity index (χ2n) is 9.68. The third-order valence-electron chi connectivity index (χ3n) is 6.60. The zero-order valence-corrected chi connectivity index (χ0v) is 23.4. The Hall–Kier alpha value is -6.28. The van der Waals surface area contributed by atoms with Crippen molar-refractivity contribution in [3.05, 3.63) is 146 Å². The van der Waals surface area contributed by atoms with Gasteiger partial charge in [-0.3, -0.25) is 19.9 Å². The Labute approximate surface area is 253 Å². The van der Waals surface area contributed by atoms with Gasteiger partial charge in [-0.25, -0.2) is 9.97 Å². The molecular weight excluding hydrogens is 548 g/mol. The monoisotopic (exact) mass is 572 g/mol. The lowest BCUT2D eigenvalue weighted by Crippen LogP contribution is -1.95. The topological polar surface area (TPSA) is 95.8 Å². The summed E-state index contributed by atoms with van der Waals surface area (Å²) in [7, 11) is 0. The van der Waals surface area contributed by atoms with Crippen molar-refractivity contribution in [1.82, 2.24) is 29.9 Å². The van der Waals surface area contributed by atoms with Crippen molar-refractivity contribution in [2.24, 2.45) is 0 Å². The van der Waals surface area contributed by atoms with Gasteiger partial charge in [-0.15, -0.1) is 0 Å². The molecule has 8 nitrogen and oxygen atoms in total. The van der Waals surface area contributed by atoms with E-state index >= 15 is 0 Å². The van der Waals surface area contributed by atoms with Crippen LogP contribution in [0, 0.1) is 0 Å². The Morgan fingerprint density at radius 3 is 0.841 bits per heavy atom. The van der Waals surface area contributed by atoms with E-state index in [0.29, 0.717) is 45.8 Å². The summed E-state index contributed by atoms with van der Waals surface area (Å²) in [5.41, 5.74) is 5.72. The van der Waals surface area contributed by atoms with Gasteiger partial charge in [-0.2, -0.15) is 0 Å². The van der Waals surface area contributed by atoms with Gasteiger partial charge in [0, 0.05) is 49.1 Å². The Balaban J connectivity index is 1.16. The van der Waals surface area contributed by atoms with Crippen LogP contribution in [-0.2, 0) is 0 Å². The Bertz CT molecular complexity index is 1730. The largest absolute Gasteiger partial charge is 0.457 e. The molecule has 6 aromatic heterocycles. The molecule has 0 amide bonds. The summed E-state index contributed by atoms with van der Waals surface area (Å²) in [5, 5.41) is 0. The van der Waals surface area contributed by atoms with Gasteiger partial charge in [0.25, 0.3) is 0 Å². The molecular formula is C36H24N6O2. The van der Waals surface area contributed by atoms with Gasteiger partial charge >= 0.3 is 0 Å². The first kappa shape index (κ1) is 26.6. The number of benzene rings is 1. The molecule has 1 aromatic carbocycles. The SMILES string of the molecule is c1ccc(-c2cc(Oc3ccc(Oc4cc(-c5ccccn5)nc(-c5ccccn5)c4)cc3)cc(-c3ccccn3)n2)nc1. The lowest BCUT2D eigenvalue weighted by molar-refractivity contribution is 0.469. The number of hydrogen-bond donors (Lipinski definition) is 0. The number of pyridine rings is 6. The van der Waals surface area contributed by atoms with Crippen LogP contribution in [0.4, 0.5) is 0 Å². The average molecular weight is 573 g/mol. The minimum absolute atomic E-state index is 0.615. The quantitative estimate of drug-likeness (QED) is 0.179. The molecule has 0 spiro atoms. The van der Waals surface area contributed by atoms with Crippen molar-refractivity contribution in [2.45, 2.75) is 0 Å². The van der Waals surface area contributed by atoms with Gasteiger partial charge < -0.3 is 9.47 Å². The highest BCUT2D eigenvalue weighted by molar-refractivity contribution is 5.66. The van der Waals surface area contributed by atoms with Crippen LogP contribution in [0.3, 0.4) is 0 Å². The fraction of sp³-hybridized carbons (Fsp3) is 0. The molecule has 6 heterocycles. The molecule has 0 aliphatic heterocycles. The fourth-order valence-corrected chi connectivity index (χ4v) is 4.56. The first-order valence-electron chi connectivity index (χ1n) is 13.9. The summed E-state index contributed by atoms with van der Waals surface area (Å²) in [4.78, 5) is 27.5. The number of ether oxygens (including phenoxy) is 2. The van der Waals surface area contributed by atoms with Crippen molar-refractivity contribution >= 4 is 0 Å². The molecule has 210 valence electrons. The van der Waals surface area contributed by atoms with E-state index in [1.807, 2.05) is 121 Å². The summed E-state index contributed by atoms with van der Waals surface area (Å²) in [6.07, 6.45) is 6.96. The van der Waals surface area contributed by atoms with E-state index in [0.717, 1.165) is 22.8 Å². The van der Waals surface area contributed by atoms with Crippen molar-refractivity contribution in [1.29, 1.82) is 0 Å². The lowest BCUT2D eigenvalue weighted by atomic mass is 10.2. The summed E-state index contributed by atoms with van der Waals surface area (Å²) in [6.45, 7) is 0. The van der Waals surface area contributed by atoms with Crippen molar-refractivity contribution in [3.8, 4) is 68.5 Å². The molecule has 0 atom stereocenters. The molecule has 44 heavy (non-hydrogen) atoms. The van der Waals surface area contributed by atoms with E-state index in [2.05, 4.69) is 19.9 Å². The molecule has 7 rings (SSSR count). The molecule has 0 N–H and O–H groups in total. The summed E-state index contributed by atoms with van der Waals surface area (Å²) >= 11 is 0. The number of aromatic nitrogens is 6. The highest BCUT2D eigenvalue weighted by Crippen LogP contribution is 2.33. The van der Waals surface area contributed by atoms with Gasteiger partial charge in [0.2, 0.25) is 0 Å². The highest BCUT2D eigenvalue weighted by atomic mass is 16.5. The second-order valence-corrected chi connectivity index (χ2v) is 9.68. The molecule has 0 saturated heterocycles. The van der Waals surface area contributed by atoms with Crippen LogP contribution in [0.15, 0.2) is 146 Å². The van der Waals surface area contributed by atoms with Crippen LogP contribution >= 0.6 is 0 Å². The zero-order chi connectivity index (χ0) is 29.6. The van der Waals surface area contributed by atoms with Crippen molar-refractivity contribution < 1.29 is 9.47 Å². The standard InChI is InChI=1S/C36H24N6O2/c1-5-17-37-29(9-1)33-21-27(22-34(41-33)30-10-2-6-18-38-30)43-25-13-15-26(16-14-25)44-28-23-35(31-11-3-7-19-39-31)42-36(24-28)32-12-4-8-20-40-32/h1-24H. The third-order valence-corrected chi connectivity index (χ3v) is 6.60. The minimum atomic E-state index is 0.615. The maximum Gasteiger partial charge on any atom is 0.131 e. The third kappa shape index (κ3) is 6.14. The van der Waals surface area contributed by atoms with Crippen molar-refractivity contribution in [3.63, 3.8) is 0 Å². The van der Waals surface area contributed by atoms with Crippen LogP contribution in [-0.4, -0.2) is 29.9 Å². The van der Waals surface area contributed by atoms with Crippen molar-refractivity contribution in [2.75, 3.05) is 0 Å². The highest BCUT2D eigenvalue weighted by Gasteiger charge is 2.12. The molecule has 0 bridgehead atoms. The van der Waals surface area contributed by atoms with Gasteiger partial charge in [0.15, 0.2) is 0 Å². The molecule has 0 saturated carbocycles. The molecule has 0 unspecified atom stereocenters. The fourth-order valence-electron chi connectivity index (χ4n) is 4.56. The Morgan fingerprint density at radius 1 is 0.295 bits per heavy atom. The summed E-state index contributed by atoms with van der Waals surface area (Å²) < 4.78 is 12.6. The van der Waals surface area contributed by atoms with E-state index in [1.165, 1.54) is 0 Å². The average Bonchev–Trinajstić information content (AvgIpc) is 3.10. The number of nitrogens with zero attached hydrogens (tertiary/aromatic N) is 6. The number of rotatable bonds is 8. The van der Waals surface area contributed by atoms with Crippen LogP contribution < -0.4 is 9.47 Å². The smallest absolute Gasteiger partial charge is 0.131 e. The molecule has 7 aromatic rings. The molecule has 0 fully saturated rings. The van der Waals surface area contributed by atoms with E-state index in [4.69, 9.17) is 19.4 Å². The molecule has 8 heteroatoms. The van der Waals surface area contributed by atoms with E-state index in [-0.39, 0.29) is 0 Å². The second kappa shape index (κ2) is 12.3.